The van der Waals surface area contributed by atoms with Crippen LogP contribution in [0.2, 0.25) is 0 Å². The van der Waals surface area contributed by atoms with Gasteiger partial charge in [-0.25, -0.2) is 8.42 Å². The highest BCUT2D eigenvalue weighted by Crippen LogP contribution is 2.21. The molecule has 0 unspecified atom stereocenters. The second kappa shape index (κ2) is 4.24. The molecule has 1 aliphatic heterocycles. The second-order valence-electron chi connectivity index (χ2n) is 4.60. The van der Waals surface area contributed by atoms with Gasteiger partial charge < -0.3 is 0 Å². The fourth-order valence-corrected chi connectivity index (χ4v) is 3.68. The molecule has 5 heteroatoms. The van der Waals surface area contributed by atoms with Crippen molar-refractivity contribution in [3.8, 4) is 0 Å². The van der Waals surface area contributed by atoms with E-state index in [2.05, 4.69) is 5.10 Å². The van der Waals surface area contributed by atoms with Crippen LogP contribution in [0.4, 0.5) is 0 Å². The molecule has 3 rings (SSSR count). The molecule has 0 aliphatic carbocycles. The van der Waals surface area contributed by atoms with Gasteiger partial charge in [-0.05, 0) is 5.56 Å². The minimum absolute atomic E-state index is 0.136. The van der Waals surface area contributed by atoms with E-state index < -0.39 is 9.84 Å². The maximum absolute atomic E-state index is 11.5. The highest BCUT2D eigenvalue weighted by molar-refractivity contribution is 7.90. The summed E-state index contributed by atoms with van der Waals surface area (Å²) in [5, 5.41) is 4.31. The van der Waals surface area contributed by atoms with Crippen LogP contribution in [0.25, 0.3) is 0 Å². The summed E-state index contributed by atoms with van der Waals surface area (Å²) in [6, 6.07) is 10.1. The molecule has 94 valence electrons. The van der Waals surface area contributed by atoms with Gasteiger partial charge in [-0.2, -0.15) is 5.10 Å². The van der Waals surface area contributed by atoms with E-state index >= 15 is 0 Å². The fourth-order valence-electron chi connectivity index (χ4n) is 2.31. The van der Waals surface area contributed by atoms with Crippen LogP contribution in [0.15, 0.2) is 36.5 Å². The zero-order chi connectivity index (χ0) is 12.6. The van der Waals surface area contributed by atoms with Crippen molar-refractivity contribution in [1.82, 2.24) is 9.78 Å². The van der Waals surface area contributed by atoms with E-state index in [9.17, 15) is 8.42 Å². The van der Waals surface area contributed by atoms with Crippen molar-refractivity contribution in [2.75, 3.05) is 5.75 Å². The molecule has 0 bridgehead atoms. The zero-order valence-corrected chi connectivity index (χ0v) is 10.7. The van der Waals surface area contributed by atoms with Gasteiger partial charge in [0, 0.05) is 17.7 Å². The lowest BCUT2D eigenvalue weighted by molar-refractivity contribution is 0.586. The Hall–Kier alpha value is -1.62. The molecular weight excluding hydrogens is 248 g/mol. The molecule has 1 aromatic carbocycles. The Morgan fingerprint density at radius 2 is 2.00 bits per heavy atom. The van der Waals surface area contributed by atoms with Crippen molar-refractivity contribution in [1.29, 1.82) is 0 Å². The number of nitrogens with zero attached hydrogens (tertiary/aromatic N) is 2. The summed E-state index contributed by atoms with van der Waals surface area (Å²) in [4.78, 5) is 0. The van der Waals surface area contributed by atoms with Gasteiger partial charge in [-0.3, -0.25) is 4.68 Å². The molecule has 0 radical (unpaired) electrons. The Labute approximate surface area is 106 Å². The fraction of sp³-hybridized carbons (Fsp3) is 0.308. The Morgan fingerprint density at radius 1 is 1.22 bits per heavy atom. The minimum Gasteiger partial charge on any atom is -0.265 e. The van der Waals surface area contributed by atoms with Crippen LogP contribution in [0, 0.1) is 0 Å². The van der Waals surface area contributed by atoms with Gasteiger partial charge in [0.1, 0.15) is 0 Å². The average Bonchev–Trinajstić information content (AvgIpc) is 2.71. The monoisotopic (exact) mass is 262 g/mol. The summed E-state index contributed by atoms with van der Waals surface area (Å²) < 4.78 is 25.0. The minimum atomic E-state index is -2.91. The SMILES string of the molecule is O=S1(=O)CCc2c(cnn2Cc2ccccc2)C1. The van der Waals surface area contributed by atoms with Gasteiger partial charge in [0.05, 0.1) is 24.2 Å². The molecule has 4 nitrogen and oxygen atoms in total. The Kier molecular flexibility index (Phi) is 2.70. The van der Waals surface area contributed by atoms with Crippen LogP contribution in [0.1, 0.15) is 16.8 Å². The maximum atomic E-state index is 11.5. The number of rotatable bonds is 2. The van der Waals surface area contributed by atoms with Crippen LogP contribution >= 0.6 is 0 Å². The molecule has 0 atom stereocenters. The summed E-state index contributed by atoms with van der Waals surface area (Å²) in [6.07, 6.45) is 2.26. The highest BCUT2D eigenvalue weighted by atomic mass is 32.2. The molecule has 0 amide bonds. The van der Waals surface area contributed by atoms with Crippen molar-refractivity contribution in [3.63, 3.8) is 0 Å². The van der Waals surface area contributed by atoms with E-state index in [1.54, 1.807) is 6.20 Å². The van der Waals surface area contributed by atoms with Crippen LogP contribution in [-0.4, -0.2) is 24.0 Å². The summed E-state index contributed by atoms with van der Waals surface area (Å²) >= 11 is 0. The van der Waals surface area contributed by atoms with E-state index in [4.69, 9.17) is 0 Å². The van der Waals surface area contributed by atoms with Crippen molar-refractivity contribution < 1.29 is 8.42 Å². The highest BCUT2D eigenvalue weighted by Gasteiger charge is 2.24. The predicted molar refractivity (Wildman–Crippen MR) is 69.0 cm³/mol. The third kappa shape index (κ3) is 2.18. The Balaban J connectivity index is 1.90. The topological polar surface area (TPSA) is 52.0 Å². The number of benzene rings is 1. The maximum Gasteiger partial charge on any atom is 0.154 e. The van der Waals surface area contributed by atoms with Crippen LogP contribution in [0.3, 0.4) is 0 Å². The third-order valence-electron chi connectivity index (χ3n) is 3.24. The summed E-state index contributed by atoms with van der Waals surface area (Å²) in [6.45, 7) is 0.705. The molecular formula is C13H14N2O2S. The normalized spacial score (nSPS) is 17.3. The summed E-state index contributed by atoms with van der Waals surface area (Å²) in [7, 11) is -2.91. The summed E-state index contributed by atoms with van der Waals surface area (Å²) in [5.41, 5.74) is 3.10. The Morgan fingerprint density at radius 3 is 2.78 bits per heavy atom. The van der Waals surface area contributed by atoms with Crippen LogP contribution in [0.5, 0.6) is 0 Å². The average molecular weight is 262 g/mol. The third-order valence-corrected chi connectivity index (χ3v) is 4.81. The Bertz CT molecular complexity index is 660. The second-order valence-corrected chi connectivity index (χ2v) is 6.79. The molecule has 2 aromatic rings. The van der Waals surface area contributed by atoms with E-state index in [0.717, 1.165) is 11.3 Å². The molecule has 18 heavy (non-hydrogen) atoms. The van der Waals surface area contributed by atoms with Gasteiger partial charge in [0.15, 0.2) is 9.84 Å². The summed E-state index contributed by atoms with van der Waals surface area (Å²) in [5.74, 6) is 0.373. The number of fused-ring (bicyclic) bond motifs is 1. The zero-order valence-electron chi connectivity index (χ0n) is 9.91. The molecule has 0 fully saturated rings. The lowest BCUT2D eigenvalue weighted by Gasteiger charge is -2.14. The standard InChI is InChI=1S/C13H14N2O2S/c16-18(17)7-6-13-12(10-18)8-14-15(13)9-11-4-2-1-3-5-11/h1-5,8H,6-7,9-10H2. The van der Waals surface area contributed by atoms with Crippen molar-refractivity contribution in [2.24, 2.45) is 0 Å². The first-order chi connectivity index (χ1) is 8.64. The lowest BCUT2D eigenvalue weighted by Crippen LogP contribution is -2.20. The molecule has 1 aromatic heterocycles. The molecule has 0 saturated carbocycles. The molecule has 0 saturated heterocycles. The van der Waals surface area contributed by atoms with E-state index in [1.165, 1.54) is 5.56 Å². The van der Waals surface area contributed by atoms with Crippen molar-refractivity contribution in [2.45, 2.75) is 18.7 Å². The quantitative estimate of drug-likeness (QED) is 0.822. The molecule has 2 heterocycles. The van der Waals surface area contributed by atoms with Gasteiger partial charge in [0.2, 0.25) is 0 Å². The van der Waals surface area contributed by atoms with Gasteiger partial charge in [-0.15, -0.1) is 0 Å². The number of aromatic nitrogens is 2. The van der Waals surface area contributed by atoms with Gasteiger partial charge in [-0.1, -0.05) is 30.3 Å². The lowest BCUT2D eigenvalue weighted by atomic mass is 10.2. The van der Waals surface area contributed by atoms with Gasteiger partial charge in [0.25, 0.3) is 0 Å². The number of sulfone groups is 1. The first-order valence-corrected chi connectivity index (χ1v) is 7.74. The largest absolute Gasteiger partial charge is 0.265 e. The van der Waals surface area contributed by atoms with Crippen molar-refractivity contribution >= 4 is 9.84 Å². The predicted octanol–water partition coefficient (Wildman–Crippen LogP) is 1.40. The smallest absolute Gasteiger partial charge is 0.154 e. The van der Waals surface area contributed by atoms with Crippen molar-refractivity contribution in [3.05, 3.63) is 53.3 Å². The molecule has 1 aliphatic rings. The van der Waals surface area contributed by atoms with Crippen LogP contribution in [-0.2, 0) is 28.6 Å². The van der Waals surface area contributed by atoms with E-state index in [-0.39, 0.29) is 11.5 Å². The first-order valence-electron chi connectivity index (χ1n) is 5.92. The van der Waals surface area contributed by atoms with Gasteiger partial charge >= 0.3 is 0 Å². The van der Waals surface area contributed by atoms with E-state index in [0.29, 0.717) is 13.0 Å². The van der Waals surface area contributed by atoms with E-state index in [1.807, 2.05) is 35.0 Å². The number of hydrogen-bond acceptors (Lipinski definition) is 3. The first kappa shape index (κ1) is 11.5. The molecule has 0 N–H and O–H groups in total. The molecule has 0 spiro atoms. The number of hydrogen-bond donors (Lipinski definition) is 0. The van der Waals surface area contributed by atoms with Crippen LogP contribution < -0.4 is 0 Å².